The Balaban J connectivity index is 2.14. The third-order valence-electron chi connectivity index (χ3n) is 2.98. The van der Waals surface area contributed by atoms with Gasteiger partial charge in [0.2, 0.25) is 0 Å². The van der Waals surface area contributed by atoms with E-state index < -0.39 is 0 Å². The van der Waals surface area contributed by atoms with Crippen LogP contribution in [0.15, 0.2) is 42.5 Å². The summed E-state index contributed by atoms with van der Waals surface area (Å²) in [4.78, 5) is 0. The van der Waals surface area contributed by atoms with E-state index in [2.05, 4.69) is 49.4 Å². The molecule has 84 valence electrons. The fraction of sp³-hybridized carbons (Fsp3) is 0.333. The lowest BCUT2D eigenvalue weighted by Crippen LogP contribution is -1.97. The Hall–Kier alpha value is -1.01. The van der Waals surface area contributed by atoms with Crippen LogP contribution in [0.5, 0.6) is 0 Å². The van der Waals surface area contributed by atoms with E-state index in [-0.39, 0.29) is 0 Å². The van der Waals surface area contributed by atoms with Gasteiger partial charge in [0.1, 0.15) is 0 Å². The molecule has 0 aliphatic heterocycles. The predicted molar refractivity (Wildman–Crippen MR) is 71.5 cm³/mol. The first kappa shape index (κ1) is 11.5. The van der Waals surface area contributed by atoms with Gasteiger partial charge < -0.3 is 0 Å². The van der Waals surface area contributed by atoms with Crippen LogP contribution in [0, 0.1) is 12.8 Å². The molecule has 0 radical (unpaired) electrons. The number of halogens is 1. The summed E-state index contributed by atoms with van der Waals surface area (Å²) in [6.45, 7) is 2.09. The van der Waals surface area contributed by atoms with Crippen molar-refractivity contribution in [1.82, 2.24) is 0 Å². The van der Waals surface area contributed by atoms with Gasteiger partial charge in [-0.15, -0.1) is 0 Å². The van der Waals surface area contributed by atoms with Crippen LogP contribution in [-0.4, -0.2) is 0 Å². The van der Waals surface area contributed by atoms with Gasteiger partial charge in [0.05, 0.1) is 0 Å². The third kappa shape index (κ3) is 2.99. The van der Waals surface area contributed by atoms with Crippen LogP contribution in [0.1, 0.15) is 30.4 Å². The van der Waals surface area contributed by atoms with Crippen molar-refractivity contribution in [3.63, 3.8) is 0 Å². The molecule has 0 amide bonds. The Bertz CT molecular complexity index is 398. The smallest absolute Gasteiger partial charge is 0.0444 e. The molecule has 0 fully saturated rings. The van der Waals surface area contributed by atoms with E-state index >= 15 is 0 Å². The lowest BCUT2D eigenvalue weighted by atomic mass is 9.95. The monoisotopic (exact) mass is 232 g/mol. The lowest BCUT2D eigenvalue weighted by molar-refractivity contribution is 0.632. The van der Waals surface area contributed by atoms with E-state index in [0.29, 0.717) is 5.92 Å². The number of allylic oxidation sites excluding steroid dienone is 3. The molecule has 1 aromatic carbocycles. The highest BCUT2D eigenvalue weighted by Gasteiger charge is 2.07. The molecule has 0 heterocycles. The van der Waals surface area contributed by atoms with Gasteiger partial charge in [0, 0.05) is 5.03 Å². The average Bonchev–Trinajstić information content (AvgIpc) is 2.31. The molecule has 0 N–H and O–H groups in total. The van der Waals surface area contributed by atoms with Crippen molar-refractivity contribution in [2.24, 2.45) is 5.92 Å². The van der Waals surface area contributed by atoms with Crippen molar-refractivity contribution in [1.29, 1.82) is 0 Å². The second-order valence-corrected chi connectivity index (χ2v) is 4.81. The SMILES string of the molecule is Cc1ccc(/C(Cl)=C\C2C=CCCC2)cc1. The number of aryl methyl sites for hydroxylation is 1. The summed E-state index contributed by atoms with van der Waals surface area (Å²) in [5.41, 5.74) is 2.39. The van der Waals surface area contributed by atoms with Crippen LogP contribution in [0.3, 0.4) is 0 Å². The fourth-order valence-corrected chi connectivity index (χ4v) is 2.26. The molecule has 1 aliphatic carbocycles. The average molecular weight is 233 g/mol. The second kappa shape index (κ2) is 5.36. The molecule has 0 saturated heterocycles. The molecule has 0 saturated carbocycles. The van der Waals surface area contributed by atoms with E-state index in [4.69, 9.17) is 11.6 Å². The Morgan fingerprint density at radius 1 is 1.31 bits per heavy atom. The molecule has 0 aromatic heterocycles. The molecule has 1 heteroatoms. The van der Waals surface area contributed by atoms with Crippen LogP contribution in [0.25, 0.3) is 5.03 Å². The second-order valence-electron chi connectivity index (χ2n) is 4.40. The maximum Gasteiger partial charge on any atom is 0.0444 e. The summed E-state index contributed by atoms with van der Waals surface area (Å²) in [7, 11) is 0. The molecule has 0 bridgehead atoms. The molecule has 1 aromatic rings. The fourth-order valence-electron chi connectivity index (χ4n) is 1.97. The zero-order chi connectivity index (χ0) is 11.4. The largest absolute Gasteiger partial charge is 0.0879 e. The van der Waals surface area contributed by atoms with E-state index in [0.717, 1.165) is 10.6 Å². The van der Waals surface area contributed by atoms with Gasteiger partial charge >= 0.3 is 0 Å². The van der Waals surface area contributed by atoms with Crippen LogP contribution < -0.4 is 0 Å². The highest BCUT2D eigenvalue weighted by molar-refractivity contribution is 6.48. The zero-order valence-corrected chi connectivity index (χ0v) is 10.4. The summed E-state index contributed by atoms with van der Waals surface area (Å²) >= 11 is 6.32. The zero-order valence-electron chi connectivity index (χ0n) is 9.62. The van der Waals surface area contributed by atoms with Crippen molar-refractivity contribution in [3.05, 3.63) is 53.6 Å². The van der Waals surface area contributed by atoms with Crippen molar-refractivity contribution in [2.75, 3.05) is 0 Å². The topological polar surface area (TPSA) is 0 Å². The Labute approximate surface area is 103 Å². The first-order valence-electron chi connectivity index (χ1n) is 5.87. The Morgan fingerprint density at radius 2 is 2.06 bits per heavy atom. The van der Waals surface area contributed by atoms with Crippen LogP contribution in [0.2, 0.25) is 0 Å². The van der Waals surface area contributed by atoms with Gasteiger partial charge in [-0.25, -0.2) is 0 Å². The summed E-state index contributed by atoms with van der Waals surface area (Å²) in [5, 5.41) is 0.872. The lowest BCUT2D eigenvalue weighted by Gasteiger charge is -2.12. The van der Waals surface area contributed by atoms with Crippen molar-refractivity contribution in [3.8, 4) is 0 Å². The number of rotatable bonds is 2. The number of hydrogen-bond donors (Lipinski definition) is 0. The first-order valence-corrected chi connectivity index (χ1v) is 6.24. The van der Waals surface area contributed by atoms with E-state index in [9.17, 15) is 0 Å². The van der Waals surface area contributed by atoms with Crippen molar-refractivity contribution >= 4 is 16.6 Å². The van der Waals surface area contributed by atoms with Crippen molar-refractivity contribution < 1.29 is 0 Å². The van der Waals surface area contributed by atoms with E-state index in [1.54, 1.807) is 0 Å². The summed E-state index contributed by atoms with van der Waals surface area (Å²) < 4.78 is 0. The minimum atomic E-state index is 0.516. The van der Waals surface area contributed by atoms with Crippen LogP contribution >= 0.6 is 11.6 Å². The van der Waals surface area contributed by atoms with Crippen LogP contribution in [0.4, 0.5) is 0 Å². The Morgan fingerprint density at radius 3 is 2.69 bits per heavy atom. The van der Waals surface area contributed by atoms with Crippen molar-refractivity contribution in [2.45, 2.75) is 26.2 Å². The molecule has 1 aliphatic rings. The summed E-state index contributed by atoms with van der Waals surface area (Å²) in [6, 6.07) is 8.37. The maximum atomic E-state index is 6.32. The summed E-state index contributed by atoms with van der Waals surface area (Å²) in [5.74, 6) is 0.516. The molecule has 0 nitrogen and oxygen atoms in total. The standard InChI is InChI=1S/C15H17Cl/c1-12-7-9-14(10-8-12)15(16)11-13-5-3-2-4-6-13/h3,5,7-11,13H,2,4,6H2,1H3/b15-11+. The quantitative estimate of drug-likeness (QED) is 0.635. The highest BCUT2D eigenvalue weighted by Crippen LogP contribution is 2.26. The molecule has 1 atom stereocenters. The van der Waals surface area contributed by atoms with Gasteiger partial charge in [-0.05, 0) is 37.7 Å². The van der Waals surface area contributed by atoms with E-state index in [1.807, 2.05) is 0 Å². The van der Waals surface area contributed by atoms with Crippen LogP contribution in [-0.2, 0) is 0 Å². The molecule has 1 unspecified atom stereocenters. The minimum absolute atomic E-state index is 0.516. The van der Waals surface area contributed by atoms with Gasteiger partial charge in [0.15, 0.2) is 0 Å². The molecule has 0 spiro atoms. The van der Waals surface area contributed by atoms with Gasteiger partial charge in [-0.3, -0.25) is 0 Å². The third-order valence-corrected chi connectivity index (χ3v) is 3.32. The first-order chi connectivity index (χ1) is 7.75. The minimum Gasteiger partial charge on any atom is -0.0879 e. The molecule has 16 heavy (non-hydrogen) atoms. The Kier molecular flexibility index (Phi) is 3.84. The number of benzene rings is 1. The molecular weight excluding hydrogens is 216 g/mol. The molecule has 2 rings (SSSR count). The van der Waals surface area contributed by atoms with Gasteiger partial charge in [0.25, 0.3) is 0 Å². The predicted octanol–water partition coefficient (Wildman–Crippen LogP) is 4.93. The number of hydrogen-bond acceptors (Lipinski definition) is 0. The van der Waals surface area contributed by atoms with Gasteiger partial charge in [-0.1, -0.05) is 59.7 Å². The highest BCUT2D eigenvalue weighted by atomic mass is 35.5. The molecular formula is C15H17Cl. The normalized spacial score (nSPS) is 21.1. The summed E-state index contributed by atoms with van der Waals surface area (Å²) in [6.07, 6.45) is 10.4. The maximum absolute atomic E-state index is 6.32. The van der Waals surface area contributed by atoms with E-state index in [1.165, 1.54) is 24.8 Å². The van der Waals surface area contributed by atoms with Gasteiger partial charge in [-0.2, -0.15) is 0 Å².